The Morgan fingerprint density at radius 3 is 2.40 bits per heavy atom. The molecule has 6 nitrogen and oxygen atoms in total. The van der Waals surface area contributed by atoms with Crippen molar-refractivity contribution in [1.82, 2.24) is 0 Å². The van der Waals surface area contributed by atoms with E-state index in [1.54, 1.807) is 12.1 Å². The molecule has 0 saturated carbocycles. The minimum Gasteiger partial charge on any atom is -0.477 e. The summed E-state index contributed by atoms with van der Waals surface area (Å²) in [5.74, 6) is -1.08. The number of nitro benzene ring substituents is 1. The molecule has 0 fully saturated rings. The van der Waals surface area contributed by atoms with Gasteiger partial charge in [0.2, 0.25) is 0 Å². The minimum absolute atomic E-state index is 0.354. The molecular formula is C15H10ClF3N2O4. The van der Waals surface area contributed by atoms with Crippen LogP contribution in [0.15, 0.2) is 42.5 Å². The van der Waals surface area contributed by atoms with Gasteiger partial charge in [-0.3, -0.25) is 14.9 Å². The van der Waals surface area contributed by atoms with Crippen LogP contribution in [0.4, 0.5) is 24.5 Å². The molecule has 0 aliphatic heterocycles. The second kappa shape index (κ2) is 7.39. The van der Waals surface area contributed by atoms with E-state index in [9.17, 15) is 28.1 Å². The van der Waals surface area contributed by atoms with Gasteiger partial charge in [0.25, 0.3) is 5.91 Å². The highest BCUT2D eigenvalue weighted by molar-refractivity contribution is 6.30. The first kappa shape index (κ1) is 18.5. The Bertz CT molecular complexity index is 794. The molecule has 0 radical (unpaired) electrons. The maximum Gasteiger partial charge on any atom is 0.416 e. The quantitative estimate of drug-likeness (QED) is 0.625. The highest BCUT2D eigenvalue weighted by Gasteiger charge is 2.33. The van der Waals surface area contributed by atoms with Crippen LogP contribution in [0.3, 0.4) is 0 Å². The zero-order valence-electron chi connectivity index (χ0n) is 12.3. The third kappa shape index (κ3) is 5.08. The highest BCUT2D eigenvalue weighted by atomic mass is 35.5. The average molecular weight is 375 g/mol. The molecule has 2 aromatic carbocycles. The second-order valence-corrected chi connectivity index (χ2v) is 5.22. The molecule has 0 unspecified atom stereocenters. The van der Waals surface area contributed by atoms with Crippen LogP contribution < -0.4 is 10.1 Å². The number of nitro groups is 1. The van der Waals surface area contributed by atoms with Crippen molar-refractivity contribution in [3.8, 4) is 5.75 Å². The van der Waals surface area contributed by atoms with Crippen molar-refractivity contribution >= 4 is 28.9 Å². The smallest absolute Gasteiger partial charge is 0.416 e. The molecule has 0 saturated heterocycles. The van der Waals surface area contributed by atoms with E-state index in [-0.39, 0.29) is 0 Å². The number of ether oxygens (including phenoxy) is 1. The Labute approximate surface area is 144 Å². The Hall–Kier alpha value is -2.81. The number of carbonyl (C=O) groups is 1. The first-order valence-electron chi connectivity index (χ1n) is 6.70. The number of rotatable bonds is 5. The topological polar surface area (TPSA) is 81.5 Å². The third-order valence-corrected chi connectivity index (χ3v) is 3.22. The fourth-order valence-corrected chi connectivity index (χ4v) is 1.96. The van der Waals surface area contributed by atoms with E-state index < -0.39 is 40.6 Å². The summed E-state index contributed by atoms with van der Waals surface area (Å²) in [6.45, 7) is -0.616. The Morgan fingerprint density at radius 1 is 1.20 bits per heavy atom. The van der Waals surface area contributed by atoms with Crippen LogP contribution in [0, 0.1) is 10.1 Å². The van der Waals surface area contributed by atoms with Gasteiger partial charge >= 0.3 is 11.9 Å². The van der Waals surface area contributed by atoms with Gasteiger partial charge in [0.1, 0.15) is 0 Å². The number of halogens is 4. The van der Waals surface area contributed by atoms with Crippen LogP contribution in [-0.2, 0) is 11.0 Å². The molecule has 0 aromatic heterocycles. The fraction of sp³-hybridized carbons (Fsp3) is 0.133. The van der Waals surface area contributed by atoms with Crippen molar-refractivity contribution in [2.24, 2.45) is 0 Å². The molecule has 0 bridgehead atoms. The van der Waals surface area contributed by atoms with E-state index in [4.69, 9.17) is 16.3 Å². The van der Waals surface area contributed by atoms with E-state index in [0.29, 0.717) is 22.8 Å². The van der Waals surface area contributed by atoms with Crippen molar-refractivity contribution in [2.45, 2.75) is 6.18 Å². The maximum atomic E-state index is 12.6. The van der Waals surface area contributed by atoms with Gasteiger partial charge in [0.05, 0.1) is 10.5 Å². The summed E-state index contributed by atoms with van der Waals surface area (Å²) < 4.78 is 42.8. The molecule has 0 atom stereocenters. The van der Waals surface area contributed by atoms with E-state index >= 15 is 0 Å². The van der Waals surface area contributed by atoms with Crippen LogP contribution in [-0.4, -0.2) is 17.4 Å². The van der Waals surface area contributed by atoms with Gasteiger partial charge in [0.15, 0.2) is 12.4 Å². The summed E-state index contributed by atoms with van der Waals surface area (Å²) in [7, 11) is 0. The predicted octanol–water partition coefficient (Wildman–Crippen LogP) is 4.28. The lowest BCUT2D eigenvalue weighted by molar-refractivity contribution is -0.386. The summed E-state index contributed by atoms with van der Waals surface area (Å²) >= 11 is 5.70. The van der Waals surface area contributed by atoms with Crippen LogP contribution >= 0.6 is 11.6 Å². The first-order valence-corrected chi connectivity index (χ1v) is 7.08. The van der Waals surface area contributed by atoms with Crippen molar-refractivity contribution in [2.75, 3.05) is 11.9 Å². The lowest BCUT2D eigenvalue weighted by Gasteiger charge is -2.10. The van der Waals surface area contributed by atoms with Crippen molar-refractivity contribution in [3.63, 3.8) is 0 Å². The standard InChI is InChI=1S/C15H10ClF3N2O4/c16-10-2-4-11(5-3-10)20-14(22)8-25-13-6-1-9(15(17,18)19)7-12(13)21(23)24/h1-7H,8H2,(H,20,22). The van der Waals surface area contributed by atoms with E-state index in [1.165, 1.54) is 12.1 Å². The van der Waals surface area contributed by atoms with Crippen LogP contribution in [0.2, 0.25) is 5.02 Å². The Morgan fingerprint density at radius 2 is 1.84 bits per heavy atom. The molecule has 132 valence electrons. The number of hydrogen-bond donors (Lipinski definition) is 1. The molecule has 2 aromatic rings. The SMILES string of the molecule is O=C(COc1ccc(C(F)(F)F)cc1[N+](=O)[O-])Nc1ccc(Cl)cc1. The third-order valence-electron chi connectivity index (χ3n) is 2.97. The number of carbonyl (C=O) groups excluding carboxylic acids is 1. The molecule has 0 heterocycles. The summed E-state index contributed by atoms with van der Waals surface area (Å²) in [5.41, 5.74) is -1.65. The fourth-order valence-electron chi connectivity index (χ4n) is 1.83. The Kier molecular flexibility index (Phi) is 5.48. The summed E-state index contributed by atoms with van der Waals surface area (Å²) in [6.07, 6.45) is -4.73. The lowest BCUT2D eigenvalue weighted by Crippen LogP contribution is -2.20. The van der Waals surface area contributed by atoms with Crippen LogP contribution in [0.5, 0.6) is 5.75 Å². The Balaban J connectivity index is 2.07. The number of hydrogen-bond acceptors (Lipinski definition) is 4. The van der Waals surface area contributed by atoms with Crippen LogP contribution in [0.1, 0.15) is 5.56 Å². The van der Waals surface area contributed by atoms with Crippen molar-refractivity contribution in [3.05, 3.63) is 63.2 Å². The van der Waals surface area contributed by atoms with Gasteiger partial charge in [-0.05, 0) is 36.4 Å². The normalized spacial score (nSPS) is 11.0. The predicted molar refractivity (Wildman–Crippen MR) is 83.7 cm³/mol. The van der Waals surface area contributed by atoms with Gasteiger partial charge in [0, 0.05) is 16.8 Å². The maximum absolute atomic E-state index is 12.6. The largest absolute Gasteiger partial charge is 0.477 e. The van der Waals surface area contributed by atoms with Gasteiger partial charge in [-0.15, -0.1) is 0 Å². The molecule has 0 aliphatic carbocycles. The van der Waals surface area contributed by atoms with E-state index in [1.807, 2.05) is 0 Å². The van der Waals surface area contributed by atoms with Crippen molar-refractivity contribution < 1.29 is 27.6 Å². The van der Waals surface area contributed by atoms with E-state index in [2.05, 4.69) is 5.32 Å². The minimum atomic E-state index is -4.73. The zero-order chi connectivity index (χ0) is 18.6. The molecule has 10 heteroatoms. The van der Waals surface area contributed by atoms with Gasteiger partial charge < -0.3 is 10.1 Å². The van der Waals surface area contributed by atoms with E-state index in [0.717, 1.165) is 6.07 Å². The molecule has 2 rings (SSSR count). The molecule has 1 amide bonds. The highest BCUT2D eigenvalue weighted by Crippen LogP contribution is 2.36. The number of amides is 1. The van der Waals surface area contributed by atoms with Crippen LogP contribution in [0.25, 0.3) is 0 Å². The van der Waals surface area contributed by atoms with Gasteiger partial charge in [-0.2, -0.15) is 13.2 Å². The zero-order valence-corrected chi connectivity index (χ0v) is 13.1. The number of alkyl halides is 3. The first-order chi connectivity index (χ1) is 11.7. The summed E-state index contributed by atoms with van der Waals surface area (Å²) in [5, 5.41) is 13.8. The molecule has 1 N–H and O–H groups in total. The van der Waals surface area contributed by atoms with Gasteiger partial charge in [-0.25, -0.2) is 0 Å². The van der Waals surface area contributed by atoms with Gasteiger partial charge in [-0.1, -0.05) is 11.6 Å². The lowest BCUT2D eigenvalue weighted by atomic mass is 10.2. The number of nitrogens with one attached hydrogen (secondary N) is 1. The monoisotopic (exact) mass is 374 g/mol. The number of anilines is 1. The molecular weight excluding hydrogens is 365 g/mol. The number of benzene rings is 2. The molecule has 0 spiro atoms. The molecule has 25 heavy (non-hydrogen) atoms. The second-order valence-electron chi connectivity index (χ2n) is 4.78. The average Bonchev–Trinajstić information content (AvgIpc) is 2.54. The summed E-state index contributed by atoms with van der Waals surface area (Å²) in [4.78, 5) is 21.7. The summed E-state index contributed by atoms with van der Waals surface area (Å²) in [6, 6.07) is 7.93. The molecule has 0 aliphatic rings. The van der Waals surface area contributed by atoms with Crippen molar-refractivity contribution in [1.29, 1.82) is 0 Å². The number of nitrogens with zero attached hydrogens (tertiary/aromatic N) is 1.